The lowest BCUT2D eigenvalue weighted by molar-refractivity contribution is -0.134. The van der Waals surface area contributed by atoms with Gasteiger partial charge in [0.15, 0.2) is 5.69 Å². The Kier molecular flexibility index (Phi) is 2.05. The van der Waals surface area contributed by atoms with Gasteiger partial charge in [-0.2, -0.15) is 13.2 Å². The molecule has 0 atom stereocenters. The van der Waals surface area contributed by atoms with Crippen molar-refractivity contribution in [1.29, 1.82) is 0 Å². The summed E-state index contributed by atoms with van der Waals surface area (Å²) in [5.74, 6) is -1.16. The van der Waals surface area contributed by atoms with E-state index in [9.17, 15) is 18.0 Å². The summed E-state index contributed by atoms with van der Waals surface area (Å²) >= 11 is 0.348. The van der Waals surface area contributed by atoms with Crippen molar-refractivity contribution in [2.75, 3.05) is 0 Å². The van der Waals surface area contributed by atoms with Crippen LogP contribution in [0.1, 0.15) is 15.4 Å². The van der Waals surface area contributed by atoms with Crippen molar-refractivity contribution in [2.45, 2.75) is 6.18 Å². The zero-order chi connectivity index (χ0) is 9.35. The zero-order valence-electron chi connectivity index (χ0n) is 5.55. The number of alkyl halides is 3. The van der Waals surface area contributed by atoms with Crippen molar-refractivity contribution in [3.05, 3.63) is 16.1 Å². The summed E-state index contributed by atoms with van der Waals surface area (Å²) in [7, 11) is 0. The highest BCUT2D eigenvalue weighted by atomic mass is 32.1. The number of thiazole rings is 1. The first-order chi connectivity index (χ1) is 5.43. The zero-order valence-corrected chi connectivity index (χ0v) is 6.37. The maximum Gasteiger partial charge on any atom is 0.427 e. The third kappa shape index (κ3) is 1.55. The van der Waals surface area contributed by atoms with Crippen molar-refractivity contribution in [2.24, 2.45) is 5.73 Å². The standard InChI is InChI=1S/C5H3F3N2OS/c6-5(7,8)3-2(4(9)11)10-1-12-3/h1H,(H2,9,11). The monoisotopic (exact) mass is 196 g/mol. The molecule has 0 saturated carbocycles. The van der Waals surface area contributed by atoms with Crippen LogP contribution in [0.25, 0.3) is 0 Å². The van der Waals surface area contributed by atoms with Crippen LogP contribution in [0.2, 0.25) is 0 Å². The number of aromatic nitrogens is 1. The number of nitrogens with two attached hydrogens (primary N) is 1. The minimum absolute atomic E-state index is 0.348. The Morgan fingerprint density at radius 1 is 1.58 bits per heavy atom. The van der Waals surface area contributed by atoms with Crippen LogP contribution in [-0.4, -0.2) is 10.9 Å². The Morgan fingerprint density at radius 2 is 2.17 bits per heavy atom. The summed E-state index contributed by atoms with van der Waals surface area (Å²) in [4.78, 5) is 12.6. The van der Waals surface area contributed by atoms with Gasteiger partial charge in [-0.05, 0) is 0 Å². The molecule has 2 N–H and O–H groups in total. The fraction of sp³-hybridized carbons (Fsp3) is 0.200. The molecular weight excluding hydrogens is 193 g/mol. The molecule has 12 heavy (non-hydrogen) atoms. The highest BCUT2D eigenvalue weighted by Crippen LogP contribution is 2.34. The van der Waals surface area contributed by atoms with E-state index in [1.165, 1.54) is 0 Å². The number of rotatable bonds is 1. The van der Waals surface area contributed by atoms with E-state index in [1.54, 1.807) is 0 Å². The first-order valence-electron chi connectivity index (χ1n) is 2.73. The van der Waals surface area contributed by atoms with Gasteiger partial charge in [-0.15, -0.1) is 11.3 Å². The number of hydrogen-bond acceptors (Lipinski definition) is 3. The van der Waals surface area contributed by atoms with Crippen molar-refractivity contribution >= 4 is 17.2 Å². The van der Waals surface area contributed by atoms with Crippen molar-refractivity contribution in [1.82, 2.24) is 4.98 Å². The van der Waals surface area contributed by atoms with Gasteiger partial charge in [-0.25, -0.2) is 4.98 Å². The Labute approximate surface area is 69.0 Å². The van der Waals surface area contributed by atoms with Gasteiger partial charge in [0.25, 0.3) is 5.91 Å². The third-order valence-electron chi connectivity index (χ3n) is 1.06. The predicted molar refractivity (Wildman–Crippen MR) is 35.6 cm³/mol. The molecule has 1 aromatic heterocycles. The summed E-state index contributed by atoms with van der Waals surface area (Å²) in [6.45, 7) is 0. The lowest BCUT2D eigenvalue weighted by atomic mass is 10.3. The van der Waals surface area contributed by atoms with Gasteiger partial charge in [0.2, 0.25) is 0 Å². The van der Waals surface area contributed by atoms with Crippen molar-refractivity contribution in [3.8, 4) is 0 Å². The average Bonchev–Trinajstić information content (AvgIpc) is 2.30. The molecule has 0 radical (unpaired) electrons. The third-order valence-corrected chi connectivity index (χ3v) is 1.93. The molecular formula is C5H3F3N2OS. The molecule has 0 aliphatic rings. The SMILES string of the molecule is NC(=O)c1ncsc1C(F)(F)F. The summed E-state index contributed by atoms with van der Waals surface area (Å²) in [5, 5.41) is 0. The van der Waals surface area contributed by atoms with Crippen molar-refractivity contribution in [3.63, 3.8) is 0 Å². The molecule has 1 heterocycles. The second kappa shape index (κ2) is 2.74. The summed E-state index contributed by atoms with van der Waals surface area (Å²) in [6, 6.07) is 0. The van der Waals surface area contributed by atoms with Gasteiger partial charge in [-0.3, -0.25) is 4.79 Å². The second-order valence-corrected chi connectivity index (χ2v) is 2.75. The first kappa shape index (κ1) is 8.98. The van der Waals surface area contributed by atoms with Crippen LogP contribution in [0.4, 0.5) is 13.2 Å². The molecule has 1 amide bonds. The Morgan fingerprint density at radius 3 is 2.50 bits per heavy atom. The Balaban J connectivity index is 3.17. The molecule has 0 bridgehead atoms. The maximum absolute atomic E-state index is 12.0. The largest absolute Gasteiger partial charge is 0.427 e. The summed E-state index contributed by atoms with van der Waals surface area (Å²) in [6.07, 6.45) is -4.55. The molecule has 0 aliphatic carbocycles. The molecule has 7 heteroatoms. The summed E-state index contributed by atoms with van der Waals surface area (Å²) in [5.41, 5.74) is 4.88. The number of primary amides is 1. The van der Waals surface area contributed by atoms with Crippen LogP contribution in [0.3, 0.4) is 0 Å². The molecule has 0 fully saturated rings. The minimum Gasteiger partial charge on any atom is -0.364 e. The van der Waals surface area contributed by atoms with E-state index in [0.29, 0.717) is 11.3 Å². The minimum atomic E-state index is -4.55. The fourth-order valence-corrected chi connectivity index (χ4v) is 1.28. The fourth-order valence-electron chi connectivity index (χ4n) is 0.623. The topological polar surface area (TPSA) is 56.0 Å². The van der Waals surface area contributed by atoms with E-state index in [4.69, 9.17) is 0 Å². The molecule has 0 aromatic carbocycles. The number of nitrogens with zero attached hydrogens (tertiary/aromatic N) is 1. The lowest BCUT2D eigenvalue weighted by Gasteiger charge is -2.02. The molecule has 66 valence electrons. The van der Waals surface area contributed by atoms with E-state index in [1.807, 2.05) is 0 Å². The molecule has 1 rings (SSSR count). The second-order valence-electron chi connectivity index (χ2n) is 1.89. The van der Waals surface area contributed by atoms with Gasteiger partial charge in [0, 0.05) is 0 Å². The molecule has 3 nitrogen and oxygen atoms in total. The van der Waals surface area contributed by atoms with E-state index < -0.39 is 22.7 Å². The molecule has 1 aromatic rings. The van der Waals surface area contributed by atoms with Crippen LogP contribution in [0.15, 0.2) is 5.51 Å². The van der Waals surface area contributed by atoms with Gasteiger partial charge in [0.1, 0.15) is 4.88 Å². The van der Waals surface area contributed by atoms with Crippen LogP contribution < -0.4 is 5.73 Å². The average molecular weight is 196 g/mol. The van der Waals surface area contributed by atoms with Gasteiger partial charge < -0.3 is 5.73 Å². The first-order valence-corrected chi connectivity index (χ1v) is 3.61. The Hall–Kier alpha value is -1.11. The van der Waals surface area contributed by atoms with E-state index >= 15 is 0 Å². The molecule has 0 aliphatic heterocycles. The number of hydrogen-bond donors (Lipinski definition) is 1. The van der Waals surface area contributed by atoms with Crippen LogP contribution in [0, 0.1) is 0 Å². The number of carbonyl (C=O) groups is 1. The molecule has 0 unspecified atom stereocenters. The Bertz CT molecular complexity index is 306. The number of carbonyl (C=O) groups excluding carboxylic acids is 1. The lowest BCUT2D eigenvalue weighted by Crippen LogP contribution is -2.17. The van der Waals surface area contributed by atoms with Crippen LogP contribution in [-0.2, 0) is 6.18 Å². The maximum atomic E-state index is 12.0. The number of amides is 1. The highest BCUT2D eigenvalue weighted by Gasteiger charge is 2.37. The van der Waals surface area contributed by atoms with Crippen LogP contribution >= 0.6 is 11.3 Å². The van der Waals surface area contributed by atoms with Crippen LogP contribution in [0.5, 0.6) is 0 Å². The van der Waals surface area contributed by atoms with E-state index in [-0.39, 0.29) is 0 Å². The van der Waals surface area contributed by atoms with Crippen molar-refractivity contribution < 1.29 is 18.0 Å². The molecule has 0 spiro atoms. The van der Waals surface area contributed by atoms with Gasteiger partial charge in [0.05, 0.1) is 5.51 Å². The number of halogens is 3. The molecule has 0 saturated heterocycles. The smallest absolute Gasteiger partial charge is 0.364 e. The normalized spacial score (nSPS) is 11.6. The van der Waals surface area contributed by atoms with E-state index in [0.717, 1.165) is 5.51 Å². The summed E-state index contributed by atoms with van der Waals surface area (Å²) < 4.78 is 36.0. The van der Waals surface area contributed by atoms with E-state index in [2.05, 4.69) is 10.7 Å². The highest BCUT2D eigenvalue weighted by molar-refractivity contribution is 7.10. The predicted octanol–water partition coefficient (Wildman–Crippen LogP) is 1.26. The van der Waals surface area contributed by atoms with Gasteiger partial charge in [-0.1, -0.05) is 0 Å². The van der Waals surface area contributed by atoms with Gasteiger partial charge >= 0.3 is 6.18 Å². The quantitative estimate of drug-likeness (QED) is 0.735.